The van der Waals surface area contributed by atoms with Crippen LogP contribution in [0.2, 0.25) is 5.02 Å². The molecule has 1 aromatic heterocycles. The Morgan fingerprint density at radius 3 is 2.80 bits per heavy atom. The van der Waals surface area contributed by atoms with Crippen LogP contribution in [0.15, 0.2) is 36.7 Å². The fraction of sp³-hybridized carbons (Fsp3) is 0.357. The van der Waals surface area contributed by atoms with Crippen LogP contribution in [-0.4, -0.2) is 41.3 Å². The molecule has 0 aliphatic carbocycles. The zero-order chi connectivity index (χ0) is 14.2. The van der Waals surface area contributed by atoms with Gasteiger partial charge in [-0.25, -0.2) is 4.68 Å². The molecule has 0 fully saturated rings. The third-order valence-electron chi connectivity index (χ3n) is 2.72. The second-order valence-electron chi connectivity index (χ2n) is 4.28. The van der Waals surface area contributed by atoms with E-state index in [-0.39, 0.29) is 6.61 Å². The largest absolute Gasteiger partial charge is 0.394 e. The van der Waals surface area contributed by atoms with Gasteiger partial charge in [0.05, 0.1) is 31.7 Å². The van der Waals surface area contributed by atoms with Gasteiger partial charge in [-0.05, 0) is 24.3 Å². The minimum absolute atomic E-state index is 0.0634. The number of rotatable bonds is 8. The molecule has 0 aliphatic rings. The summed E-state index contributed by atoms with van der Waals surface area (Å²) in [7, 11) is 0. The van der Waals surface area contributed by atoms with Gasteiger partial charge in [0.1, 0.15) is 0 Å². The van der Waals surface area contributed by atoms with Gasteiger partial charge in [-0.2, -0.15) is 5.10 Å². The van der Waals surface area contributed by atoms with Crippen molar-refractivity contribution in [2.24, 2.45) is 0 Å². The first-order chi connectivity index (χ1) is 9.79. The van der Waals surface area contributed by atoms with Crippen molar-refractivity contribution in [2.45, 2.75) is 6.54 Å². The summed E-state index contributed by atoms with van der Waals surface area (Å²) in [6, 6.07) is 7.54. The highest BCUT2D eigenvalue weighted by molar-refractivity contribution is 6.30. The van der Waals surface area contributed by atoms with E-state index in [2.05, 4.69) is 10.4 Å². The molecule has 2 N–H and O–H groups in total. The monoisotopic (exact) mass is 295 g/mol. The van der Waals surface area contributed by atoms with Crippen LogP contribution in [0.25, 0.3) is 5.69 Å². The van der Waals surface area contributed by atoms with Gasteiger partial charge in [-0.3, -0.25) is 0 Å². The maximum Gasteiger partial charge on any atom is 0.0698 e. The molecule has 0 atom stereocenters. The van der Waals surface area contributed by atoms with Gasteiger partial charge in [-0.1, -0.05) is 11.6 Å². The molecule has 20 heavy (non-hydrogen) atoms. The molecule has 2 rings (SSSR count). The molecule has 0 amide bonds. The van der Waals surface area contributed by atoms with Crippen molar-refractivity contribution in [1.82, 2.24) is 15.1 Å². The average Bonchev–Trinajstić information content (AvgIpc) is 2.92. The number of ether oxygens (including phenoxy) is 1. The Labute approximate surface area is 123 Å². The third-order valence-corrected chi connectivity index (χ3v) is 2.97. The highest BCUT2D eigenvalue weighted by atomic mass is 35.5. The Hall–Kier alpha value is -1.40. The SMILES string of the molecule is OCCOCCNCc1cnn(-c2ccc(Cl)cc2)c1. The molecule has 0 aliphatic heterocycles. The summed E-state index contributed by atoms with van der Waals surface area (Å²) in [6.07, 6.45) is 3.81. The van der Waals surface area contributed by atoms with Crippen LogP contribution < -0.4 is 5.32 Å². The van der Waals surface area contributed by atoms with E-state index in [1.54, 1.807) is 0 Å². The fourth-order valence-corrected chi connectivity index (χ4v) is 1.86. The molecule has 6 heteroatoms. The van der Waals surface area contributed by atoms with Crippen molar-refractivity contribution >= 4 is 11.6 Å². The van der Waals surface area contributed by atoms with E-state index in [0.29, 0.717) is 18.2 Å². The predicted molar refractivity (Wildman–Crippen MR) is 78.2 cm³/mol. The molecule has 1 heterocycles. The Morgan fingerprint density at radius 1 is 1.25 bits per heavy atom. The summed E-state index contributed by atoms with van der Waals surface area (Å²) in [5.41, 5.74) is 2.08. The van der Waals surface area contributed by atoms with E-state index in [1.165, 1.54) is 0 Å². The molecule has 2 aromatic rings. The van der Waals surface area contributed by atoms with Crippen LogP contribution in [0.1, 0.15) is 5.56 Å². The van der Waals surface area contributed by atoms with Crippen LogP contribution in [0, 0.1) is 0 Å². The number of halogens is 1. The van der Waals surface area contributed by atoms with Gasteiger partial charge in [0.2, 0.25) is 0 Å². The quantitative estimate of drug-likeness (QED) is 0.727. The molecule has 0 saturated carbocycles. The summed E-state index contributed by atoms with van der Waals surface area (Å²) in [6.45, 7) is 2.51. The van der Waals surface area contributed by atoms with Gasteiger partial charge in [0.15, 0.2) is 0 Å². The molecule has 0 saturated heterocycles. The van der Waals surface area contributed by atoms with E-state index in [4.69, 9.17) is 21.4 Å². The topological polar surface area (TPSA) is 59.3 Å². The lowest BCUT2D eigenvalue weighted by Crippen LogP contribution is -2.19. The van der Waals surface area contributed by atoms with Crippen LogP contribution in [0.4, 0.5) is 0 Å². The average molecular weight is 296 g/mol. The zero-order valence-corrected chi connectivity index (χ0v) is 11.9. The first kappa shape index (κ1) is 15.0. The van der Waals surface area contributed by atoms with Crippen molar-refractivity contribution < 1.29 is 9.84 Å². The predicted octanol–water partition coefficient (Wildman–Crippen LogP) is 1.62. The van der Waals surface area contributed by atoms with Gasteiger partial charge in [0, 0.05) is 29.9 Å². The number of hydrogen-bond donors (Lipinski definition) is 2. The Bertz CT molecular complexity index is 513. The number of nitrogens with zero attached hydrogens (tertiary/aromatic N) is 2. The van der Waals surface area contributed by atoms with Crippen LogP contribution >= 0.6 is 11.6 Å². The zero-order valence-electron chi connectivity index (χ0n) is 11.1. The number of aromatic nitrogens is 2. The molecule has 0 bridgehead atoms. The maximum absolute atomic E-state index is 8.56. The second kappa shape index (κ2) is 8.01. The summed E-state index contributed by atoms with van der Waals surface area (Å²) in [5.74, 6) is 0. The lowest BCUT2D eigenvalue weighted by Gasteiger charge is -2.03. The van der Waals surface area contributed by atoms with Gasteiger partial charge in [0.25, 0.3) is 0 Å². The highest BCUT2D eigenvalue weighted by Gasteiger charge is 2.00. The summed E-state index contributed by atoms with van der Waals surface area (Å²) in [5, 5.41) is 16.8. The van der Waals surface area contributed by atoms with Gasteiger partial charge in [-0.15, -0.1) is 0 Å². The minimum Gasteiger partial charge on any atom is -0.394 e. The number of benzene rings is 1. The molecule has 0 radical (unpaired) electrons. The Morgan fingerprint density at radius 2 is 2.05 bits per heavy atom. The molecular weight excluding hydrogens is 278 g/mol. The normalized spacial score (nSPS) is 10.9. The standard InChI is InChI=1S/C14H18ClN3O2/c15-13-1-3-14(4-2-13)18-11-12(10-17-18)9-16-5-7-20-8-6-19/h1-4,10-11,16,19H,5-9H2. The Balaban J connectivity index is 1.79. The van der Waals surface area contributed by atoms with Gasteiger partial charge < -0.3 is 15.2 Å². The second-order valence-corrected chi connectivity index (χ2v) is 4.72. The van der Waals surface area contributed by atoms with Crippen molar-refractivity contribution in [2.75, 3.05) is 26.4 Å². The summed E-state index contributed by atoms with van der Waals surface area (Å²) < 4.78 is 6.98. The van der Waals surface area contributed by atoms with Crippen LogP contribution in [-0.2, 0) is 11.3 Å². The molecule has 0 unspecified atom stereocenters. The van der Waals surface area contributed by atoms with Crippen molar-refractivity contribution in [3.8, 4) is 5.69 Å². The number of nitrogens with one attached hydrogen (secondary N) is 1. The van der Waals surface area contributed by atoms with Gasteiger partial charge >= 0.3 is 0 Å². The number of aliphatic hydroxyl groups excluding tert-OH is 1. The molecule has 108 valence electrons. The van der Waals surface area contributed by atoms with E-state index in [9.17, 15) is 0 Å². The Kier molecular flexibility index (Phi) is 6.01. The van der Waals surface area contributed by atoms with E-state index in [0.717, 1.165) is 24.3 Å². The summed E-state index contributed by atoms with van der Waals surface area (Å²) in [4.78, 5) is 0. The van der Waals surface area contributed by atoms with E-state index in [1.807, 2.05) is 41.3 Å². The molecule has 0 spiro atoms. The molecule has 1 aromatic carbocycles. The first-order valence-electron chi connectivity index (χ1n) is 6.48. The minimum atomic E-state index is 0.0634. The van der Waals surface area contributed by atoms with Crippen molar-refractivity contribution in [3.63, 3.8) is 0 Å². The van der Waals surface area contributed by atoms with Crippen LogP contribution in [0.3, 0.4) is 0 Å². The maximum atomic E-state index is 8.56. The smallest absolute Gasteiger partial charge is 0.0698 e. The number of hydrogen-bond acceptors (Lipinski definition) is 4. The van der Waals surface area contributed by atoms with Crippen molar-refractivity contribution in [3.05, 3.63) is 47.2 Å². The molecular formula is C14H18ClN3O2. The summed E-state index contributed by atoms with van der Waals surface area (Å²) >= 11 is 5.86. The first-order valence-corrected chi connectivity index (χ1v) is 6.86. The van der Waals surface area contributed by atoms with E-state index >= 15 is 0 Å². The highest BCUT2D eigenvalue weighted by Crippen LogP contribution is 2.13. The lowest BCUT2D eigenvalue weighted by molar-refractivity contribution is 0.0938. The lowest BCUT2D eigenvalue weighted by atomic mass is 10.3. The molecule has 5 nitrogen and oxygen atoms in total. The van der Waals surface area contributed by atoms with Crippen LogP contribution in [0.5, 0.6) is 0 Å². The third kappa shape index (κ3) is 4.61. The van der Waals surface area contributed by atoms with E-state index < -0.39 is 0 Å². The van der Waals surface area contributed by atoms with Crippen molar-refractivity contribution in [1.29, 1.82) is 0 Å². The number of aliphatic hydroxyl groups is 1. The fourth-order valence-electron chi connectivity index (χ4n) is 1.73.